The van der Waals surface area contributed by atoms with E-state index in [1.807, 2.05) is 6.92 Å². The number of aromatic nitrogens is 2. The Labute approximate surface area is 228 Å². The van der Waals surface area contributed by atoms with Crippen molar-refractivity contribution in [2.75, 3.05) is 24.3 Å². The third-order valence-corrected chi connectivity index (χ3v) is 8.66. The van der Waals surface area contributed by atoms with E-state index in [4.69, 9.17) is 16.2 Å². The maximum absolute atomic E-state index is 15.2. The van der Waals surface area contributed by atoms with E-state index in [0.717, 1.165) is 29.0 Å². The molecule has 0 bridgehead atoms. The van der Waals surface area contributed by atoms with Crippen LogP contribution in [0.1, 0.15) is 60.1 Å². The van der Waals surface area contributed by atoms with Crippen LogP contribution in [0.2, 0.25) is 0 Å². The number of hydrogen-bond acceptors (Lipinski definition) is 9. The van der Waals surface area contributed by atoms with Gasteiger partial charge in [0.05, 0.1) is 29.2 Å². The first-order valence-electron chi connectivity index (χ1n) is 12.8. The average molecular weight is 560 g/mol. The summed E-state index contributed by atoms with van der Waals surface area (Å²) >= 11 is 0.792. The molecule has 0 unspecified atom stereocenters. The molecule has 1 aromatic carbocycles. The number of carbonyl (C=O) groups excluding carboxylic acids is 1. The van der Waals surface area contributed by atoms with Gasteiger partial charge in [-0.3, -0.25) is 9.78 Å². The van der Waals surface area contributed by atoms with Gasteiger partial charge in [-0.1, -0.05) is 18.3 Å². The van der Waals surface area contributed by atoms with Crippen LogP contribution in [0, 0.1) is 17.6 Å². The number of thiazole rings is 1. The summed E-state index contributed by atoms with van der Waals surface area (Å²) in [5.41, 5.74) is 11.6. The molecule has 9 nitrogen and oxygen atoms in total. The van der Waals surface area contributed by atoms with Gasteiger partial charge in [-0.25, -0.2) is 13.8 Å². The van der Waals surface area contributed by atoms with Crippen molar-refractivity contribution in [3.8, 4) is 10.6 Å². The van der Waals surface area contributed by atoms with Gasteiger partial charge < -0.3 is 31.7 Å². The third kappa shape index (κ3) is 5.39. The number of nitrogens with two attached hydrogens (primary N) is 2. The molecule has 1 saturated carbocycles. The number of rotatable bonds is 5. The normalized spacial score (nSPS) is 24.9. The minimum absolute atomic E-state index is 0.00434. The topological polar surface area (TPSA) is 157 Å². The van der Waals surface area contributed by atoms with E-state index < -0.39 is 40.9 Å². The summed E-state index contributed by atoms with van der Waals surface area (Å²) in [6.07, 6.45) is 4.21. The summed E-state index contributed by atoms with van der Waals surface area (Å²) in [5.74, 6) is -2.50. The molecule has 1 aliphatic heterocycles. The van der Waals surface area contributed by atoms with Crippen molar-refractivity contribution >= 4 is 27.9 Å². The summed E-state index contributed by atoms with van der Waals surface area (Å²) in [5, 5.41) is 23.8. The number of hydrogen-bond donors (Lipinski definition) is 5. The zero-order valence-electron chi connectivity index (χ0n) is 21.4. The molecular formula is C27H31F2N5O4S. The van der Waals surface area contributed by atoms with Crippen molar-refractivity contribution in [1.82, 2.24) is 9.97 Å². The van der Waals surface area contributed by atoms with Crippen LogP contribution in [-0.2, 0) is 10.3 Å². The Morgan fingerprint density at radius 2 is 1.92 bits per heavy atom. The molecule has 4 atom stereocenters. The molecular weight excluding hydrogens is 528 g/mol. The van der Waals surface area contributed by atoms with E-state index >= 15 is 8.78 Å². The number of nitrogen functional groups attached to an aromatic ring is 1. The summed E-state index contributed by atoms with van der Waals surface area (Å²) in [6, 6.07) is 3.59. The van der Waals surface area contributed by atoms with E-state index in [0.29, 0.717) is 18.5 Å². The van der Waals surface area contributed by atoms with E-state index in [1.165, 1.54) is 6.20 Å². The number of aliphatic hydroxyl groups excluding tert-OH is 1. The Hall–Kier alpha value is -3.03. The second-order valence-electron chi connectivity index (χ2n) is 10.4. The highest BCUT2D eigenvalue weighted by Gasteiger charge is 2.35. The lowest BCUT2D eigenvalue weighted by molar-refractivity contribution is -0.0682. The van der Waals surface area contributed by atoms with Crippen LogP contribution < -0.4 is 16.8 Å². The summed E-state index contributed by atoms with van der Waals surface area (Å²) in [7, 11) is 0. The van der Waals surface area contributed by atoms with Crippen LogP contribution in [0.25, 0.3) is 10.6 Å². The minimum Gasteiger partial charge on any atom is -0.391 e. The second-order valence-corrected chi connectivity index (χ2v) is 11.4. The highest BCUT2D eigenvalue weighted by molar-refractivity contribution is 7.19. The molecule has 2 aliphatic rings. The van der Waals surface area contributed by atoms with Crippen LogP contribution >= 0.6 is 11.3 Å². The zero-order chi connectivity index (χ0) is 27.9. The first-order valence-corrected chi connectivity index (χ1v) is 13.6. The largest absolute Gasteiger partial charge is 0.391 e. The fourth-order valence-electron chi connectivity index (χ4n) is 5.52. The number of nitrogens with one attached hydrogen (secondary N) is 1. The van der Waals surface area contributed by atoms with Gasteiger partial charge in [0.1, 0.15) is 21.6 Å². The minimum atomic E-state index is -1.38. The maximum Gasteiger partial charge on any atom is 0.277 e. The molecule has 3 aromatic rings. The number of halogens is 2. The fourth-order valence-corrected chi connectivity index (χ4v) is 6.40. The molecule has 3 heterocycles. The Kier molecular flexibility index (Phi) is 7.66. The number of nitrogens with zero attached hydrogens (tertiary/aromatic N) is 2. The zero-order valence-corrected chi connectivity index (χ0v) is 22.2. The van der Waals surface area contributed by atoms with Crippen molar-refractivity contribution in [2.24, 2.45) is 11.7 Å². The van der Waals surface area contributed by atoms with E-state index in [-0.39, 0.29) is 59.2 Å². The number of pyridine rings is 1. The summed E-state index contributed by atoms with van der Waals surface area (Å²) < 4.78 is 35.6. The SMILES string of the molecule is C[C@H]1C[C@@H](c2ccncc2NC(=O)c2nc(-c3c(F)cc(C4(O)CCOCC4)cc3F)sc2N)C[C@@H](N)[C@@H]1O. The quantitative estimate of drug-likeness (QED) is 0.318. The standard InChI is InChI=1S/C27H31F2N5O4S/c1-13-8-14(9-19(30)23(13)35)16-2-5-32-12-20(16)33-25(36)22-24(31)39-26(34-22)21-17(28)10-15(11-18(21)29)27(37)3-6-38-7-4-27/h2,5,10-14,19,23,35,37H,3-4,6-9,30-31H2,1H3,(H,33,36)/t13-,14+,19+,23+/m0/s1. The van der Waals surface area contributed by atoms with Gasteiger partial charge in [0.15, 0.2) is 5.69 Å². The maximum atomic E-state index is 15.2. The Morgan fingerprint density at radius 1 is 1.23 bits per heavy atom. The number of carbonyl (C=O) groups is 1. The van der Waals surface area contributed by atoms with Gasteiger partial charge in [-0.05, 0) is 54.0 Å². The van der Waals surface area contributed by atoms with Crippen molar-refractivity contribution in [3.63, 3.8) is 0 Å². The summed E-state index contributed by atoms with van der Waals surface area (Å²) in [4.78, 5) is 21.5. The predicted octanol–water partition coefficient (Wildman–Crippen LogP) is 3.52. The molecule has 1 amide bonds. The molecule has 12 heteroatoms. The molecule has 5 rings (SSSR count). The van der Waals surface area contributed by atoms with Crippen molar-refractivity contribution in [1.29, 1.82) is 0 Å². The lowest BCUT2D eigenvalue weighted by atomic mass is 9.74. The van der Waals surface area contributed by atoms with Gasteiger partial charge >= 0.3 is 0 Å². The molecule has 2 fully saturated rings. The van der Waals surface area contributed by atoms with Gasteiger partial charge in [0, 0.05) is 38.3 Å². The molecule has 2 aromatic heterocycles. The van der Waals surface area contributed by atoms with Crippen molar-refractivity contribution in [3.05, 3.63) is 59.0 Å². The monoisotopic (exact) mass is 559 g/mol. The lowest BCUT2D eigenvalue weighted by Gasteiger charge is -2.36. The Morgan fingerprint density at radius 3 is 2.59 bits per heavy atom. The summed E-state index contributed by atoms with van der Waals surface area (Å²) in [6.45, 7) is 2.51. The van der Waals surface area contributed by atoms with Crippen LogP contribution in [-0.4, -0.2) is 51.4 Å². The van der Waals surface area contributed by atoms with Gasteiger partial charge in [-0.15, -0.1) is 0 Å². The predicted molar refractivity (Wildman–Crippen MR) is 143 cm³/mol. The number of benzene rings is 1. The third-order valence-electron chi connectivity index (χ3n) is 7.76. The van der Waals surface area contributed by atoms with Crippen molar-refractivity contribution in [2.45, 2.75) is 56.3 Å². The number of aliphatic hydroxyl groups is 2. The van der Waals surface area contributed by atoms with E-state index in [2.05, 4.69) is 15.3 Å². The molecule has 7 N–H and O–H groups in total. The Balaban J connectivity index is 1.40. The highest BCUT2D eigenvalue weighted by Crippen LogP contribution is 2.40. The van der Waals surface area contributed by atoms with Crippen LogP contribution in [0.3, 0.4) is 0 Å². The van der Waals surface area contributed by atoms with Crippen LogP contribution in [0.15, 0.2) is 30.6 Å². The van der Waals surface area contributed by atoms with Crippen LogP contribution in [0.4, 0.5) is 19.5 Å². The molecule has 39 heavy (non-hydrogen) atoms. The Bertz CT molecular complexity index is 1340. The van der Waals surface area contributed by atoms with Crippen LogP contribution in [0.5, 0.6) is 0 Å². The average Bonchev–Trinajstić information content (AvgIpc) is 3.28. The molecule has 0 radical (unpaired) electrons. The lowest BCUT2D eigenvalue weighted by Crippen LogP contribution is -2.44. The first-order chi connectivity index (χ1) is 18.6. The van der Waals surface area contributed by atoms with E-state index in [9.17, 15) is 15.0 Å². The molecule has 208 valence electrons. The fraction of sp³-hybridized carbons (Fsp3) is 0.444. The molecule has 0 spiro atoms. The number of anilines is 2. The number of ether oxygens (including phenoxy) is 1. The van der Waals surface area contributed by atoms with Crippen molar-refractivity contribution < 1.29 is 28.5 Å². The smallest absolute Gasteiger partial charge is 0.277 e. The van der Waals surface area contributed by atoms with Gasteiger partial charge in [-0.2, -0.15) is 0 Å². The number of amides is 1. The molecule has 1 aliphatic carbocycles. The van der Waals surface area contributed by atoms with Gasteiger partial charge in [0.25, 0.3) is 5.91 Å². The second kappa shape index (κ2) is 10.9. The van der Waals surface area contributed by atoms with E-state index in [1.54, 1.807) is 12.3 Å². The molecule has 1 saturated heterocycles. The van der Waals surface area contributed by atoms with Gasteiger partial charge in [0.2, 0.25) is 0 Å². The first kappa shape index (κ1) is 27.5. The highest BCUT2D eigenvalue weighted by atomic mass is 32.1.